The molecule has 1 spiro atoms. The minimum Gasteiger partial charge on any atom is -0.378 e. The molecule has 0 N–H and O–H groups in total. The first-order valence-electron chi connectivity index (χ1n) is 17.8. The fraction of sp³-hybridized carbons (Fsp3) is 0.649. The molecule has 4 aliphatic rings. The number of aromatic nitrogens is 2. The Labute approximate surface area is 280 Å². The molecule has 4 fully saturated rings. The molecule has 0 bridgehead atoms. The van der Waals surface area contributed by atoms with Gasteiger partial charge in [-0.15, -0.1) is 0 Å². The molecule has 1 saturated carbocycles. The fourth-order valence-corrected chi connectivity index (χ4v) is 11.4. The smallest absolute Gasteiger partial charge is 0.378 e. The highest BCUT2D eigenvalue weighted by Crippen LogP contribution is 2.54. The Morgan fingerprint density at radius 3 is 2.49 bits per heavy atom. The van der Waals surface area contributed by atoms with E-state index in [1.807, 2.05) is 19.2 Å². The van der Waals surface area contributed by atoms with Gasteiger partial charge in [-0.1, -0.05) is 37.2 Å². The van der Waals surface area contributed by atoms with E-state index in [4.69, 9.17) is 4.74 Å². The quantitative estimate of drug-likeness (QED) is 0.230. The Morgan fingerprint density at radius 1 is 1.02 bits per heavy atom. The maximum Gasteiger partial charge on any atom is 0.418 e. The summed E-state index contributed by atoms with van der Waals surface area (Å²) in [5.74, 6) is 1.40. The molecule has 7 rings (SSSR count). The third-order valence-electron chi connectivity index (χ3n) is 11.8. The van der Waals surface area contributed by atoms with E-state index >= 15 is 0 Å². The number of rotatable bonds is 8. The van der Waals surface area contributed by atoms with Crippen LogP contribution in [0.4, 0.5) is 13.2 Å². The second-order valence-electron chi connectivity index (χ2n) is 14.9. The second-order valence-corrected chi connectivity index (χ2v) is 16.5. The van der Waals surface area contributed by atoms with Crippen molar-refractivity contribution in [2.45, 2.75) is 101 Å². The summed E-state index contributed by atoms with van der Waals surface area (Å²) < 4.78 is 53.0. The van der Waals surface area contributed by atoms with Crippen LogP contribution in [0.15, 0.2) is 47.5 Å². The zero-order valence-corrected chi connectivity index (χ0v) is 28.9. The minimum atomic E-state index is -4.58. The summed E-state index contributed by atoms with van der Waals surface area (Å²) in [7, 11) is 1.81. The van der Waals surface area contributed by atoms with E-state index in [0.29, 0.717) is 52.2 Å². The third-order valence-corrected chi connectivity index (χ3v) is 13.4. The van der Waals surface area contributed by atoms with E-state index in [9.17, 15) is 18.0 Å². The first-order valence-corrected chi connectivity index (χ1v) is 18.7. The molecule has 2 aromatic heterocycles. The summed E-state index contributed by atoms with van der Waals surface area (Å²) in [6, 6.07) is 9.86. The van der Waals surface area contributed by atoms with Crippen molar-refractivity contribution in [1.82, 2.24) is 13.9 Å². The Hall–Kier alpha value is -2.27. The molecule has 1 aromatic carbocycles. The van der Waals surface area contributed by atoms with Crippen LogP contribution >= 0.6 is 11.8 Å². The number of fused-ring (bicyclic) bond motifs is 1. The second kappa shape index (κ2) is 13.2. The predicted molar refractivity (Wildman–Crippen MR) is 182 cm³/mol. The molecular formula is C37H50F3N4O2S+. The normalized spacial score (nSPS) is 27.8. The summed E-state index contributed by atoms with van der Waals surface area (Å²) in [4.78, 5) is 16.2. The maximum atomic E-state index is 14.5. The number of likely N-dealkylation sites (tertiary alicyclic amines) is 1. The number of halogens is 3. The number of ether oxygens (including phenoxy) is 1. The average Bonchev–Trinajstić information content (AvgIpc) is 3.47. The highest BCUT2D eigenvalue weighted by molar-refractivity contribution is 8.00. The van der Waals surface area contributed by atoms with E-state index < -0.39 is 17.4 Å². The molecular weight excluding hydrogens is 621 g/mol. The van der Waals surface area contributed by atoms with Gasteiger partial charge in [0.2, 0.25) is 0 Å². The van der Waals surface area contributed by atoms with Gasteiger partial charge in [-0.25, -0.2) is 4.79 Å². The lowest BCUT2D eigenvalue weighted by Gasteiger charge is -2.51. The Kier molecular flexibility index (Phi) is 9.35. The Morgan fingerprint density at radius 2 is 1.81 bits per heavy atom. The van der Waals surface area contributed by atoms with Crippen LogP contribution < -0.4 is 5.69 Å². The van der Waals surface area contributed by atoms with E-state index in [1.165, 1.54) is 78.4 Å². The first kappa shape index (κ1) is 33.2. The SMILES string of the molecule is COCC1SC(C)C([C@H](c2cccc(-n3cc4c(C(F)(F)F)cc(CN5CCC[C@H](C)C5)cn4c3=O)c2)C2CCC2)[N+]12CCCCC2. The fourth-order valence-electron chi connectivity index (χ4n) is 9.55. The Bertz CT molecular complexity index is 1630. The summed E-state index contributed by atoms with van der Waals surface area (Å²) in [6.45, 7) is 9.78. The predicted octanol–water partition coefficient (Wildman–Crippen LogP) is 7.70. The third kappa shape index (κ3) is 6.21. The molecule has 3 aliphatic heterocycles. The van der Waals surface area contributed by atoms with Gasteiger partial charge in [-0.2, -0.15) is 13.2 Å². The van der Waals surface area contributed by atoms with Gasteiger partial charge in [0, 0.05) is 38.5 Å². The number of thioether (sulfide) groups is 1. The van der Waals surface area contributed by atoms with Gasteiger partial charge in [-0.3, -0.25) is 13.9 Å². The van der Waals surface area contributed by atoms with Crippen molar-refractivity contribution in [3.05, 3.63) is 69.9 Å². The number of piperidine rings is 2. The number of imidazole rings is 1. The van der Waals surface area contributed by atoms with Gasteiger partial charge in [0.25, 0.3) is 0 Å². The van der Waals surface area contributed by atoms with Gasteiger partial charge in [0.1, 0.15) is 12.6 Å². The summed E-state index contributed by atoms with van der Waals surface area (Å²) in [5.41, 5.74) is 1.06. The van der Waals surface area contributed by atoms with Crippen molar-refractivity contribution in [1.29, 1.82) is 0 Å². The van der Waals surface area contributed by atoms with Gasteiger partial charge in [-0.05, 0) is 99.6 Å². The largest absolute Gasteiger partial charge is 0.418 e. The average molecular weight is 672 g/mol. The molecule has 6 nitrogen and oxygen atoms in total. The van der Waals surface area contributed by atoms with Crippen molar-refractivity contribution in [2.24, 2.45) is 11.8 Å². The van der Waals surface area contributed by atoms with Crippen LogP contribution in [-0.4, -0.2) is 74.9 Å². The van der Waals surface area contributed by atoms with E-state index in [0.717, 1.165) is 37.0 Å². The van der Waals surface area contributed by atoms with E-state index in [2.05, 4.69) is 42.6 Å². The van der Waals surface area contributed by atoms with Crippen molar-refractivity contribution in [3.63, 3.8) is 0 Å². The number of methoxy groups -OCH3 is 1. The number of benzene rings is 1. The monoisotopic (exact) mass is 671 g/mol. The lowest BCUT2D eigenvalue weighted by atomic mass is 9.68. The molecule has 3 unspecified atom stereocenters. The zero-order chi connectivity index (χ0) is 32.9. The van der Waals surface area contributed by atoms with E-state index in [1.54, 1.807) is 6.20 Å². The molecule has 256 valence electrons. The molecule has 0 amide bonds. The Balaban J connectivity index is 1.29. The van der Waals surface area contributed by atoms with Crippen LogP contribution in [0.25, 0.3) is 11.2 Å². The molecule has 47 heavy (non-hydrogen) atoms. The highest BCUT2D eigenvalue weighted by atomic mass is 32.2. The van der Waals surface area contributed by atoms with Crippen LogP contribution in [-0.2, 0) is 17.5 Å². The van der Waals surface area contributed by atoms with Crippen molar-refractivity contribution >= 4 is 17.3 Å². The molecule has 5 heterocycles. The number of quaternary nitrogens is 1. The summed E-state index contributed by atoms with van der Waals surface area (Å²) >= 11 is 2.08. The van der Waals surface area contributed by atoms with Gasteiger partial charge >= 0.3 is 11.9 Å². The van der Waals surface area contributed by atoms with Crippen LogP contribution in [0.3, 0.4) is 0 Å². The van der Waals surface area contributed by atoms with Crippen LogP contribution in [0.2, 0.25) is 0 Å². The maximum absolute atomic E-state index is 14.5. The van der Waals surface area contributed by atoms with E-state index in [-0.39, 0.29) is 5.52 Å². The molecule has 0 radical (unpaired) electrons. The van der Waals surface area contributed by atoms with Crippen LogP contribution in [0, 0.1) is 11.8 Å². The summed E-state index contributed by atoms with van der Waals surface area (Å²) in [6.07, 6.45) is 7.99. The number of nitrogens with zero attached hydrogens (tertiary/aromatic N) is 4. The molecule has 1 aliphatic carbocycles. The zero-order valence-electron chi connectivity index (χ0n) is 28.1. The van der Waals surface area contributed by atoms with Crippen molar-refractivity contribution < 1.29 is 22.4 Å². The number of pyridine rings is 1. The molecule has 5 atom stereocenters. The molecule has 3 aromatic rings. The highest BCUT2D eigenvalue weighted by Gasteiger charge is 2.58. The summed E-state index contributed by atoms with van der Waals surface area (Å²) in [5, 5.41) is 0.867. The minimum absolute atomic E-state index is 0.0970. The topological polar surface area (TPSA) is 38.9 Å². The molecule has 3 saturated heterocycles. The van der Waals surface area contributed by atoms with Gasteiger partial charge in [0.05, 0.1) is 35.1 Å². The first-order chi connectivity index (χ1) is 22.6. The number of hydrogen-bond acceptors (Lipinski definition) is 4. The lowest BCUT2D eigenvalue weighted by Crippen LogP contribution is -2.63. The van der Waals surface area contributed by atoms with Gasteiger partial charge in [0.15, 0.2) is 5.37 Å². The van der Waals surface area contributed by atoms with Crippen molar-refractivity contribution in [2.75, 3.05) is 39.9 Å². The standard InChI is InChI=1S/C37H50F3N4O2S/c1-25-10-9-15-41(20-25)21-27-18-31(37(38,39)40)32-23-42(36(45)43(32)22-27)30-14-8-13-29(19-30)34(28-11-7-12-28)35-26(2)47-33(24-46-3)44(35)16-5-4-6-17-44/h8,13-14,18-19,22-23,25-26,28,33-35H,4-7,9-12,15-17,20-21,24H2,1-3H3/q+1/t25-,26?,33?,34-,35?/m0/s1. The van der Waals surface area contributed by atoms with Crippen LogP contribution in [0.5, 0.6) is 0 Å². The van der Waals surface area contributed by atoms with Gasteiger partial charge < -0.3 is 9.22 Å². The number of hydrogen-bond donors (Lipinski definition) is 0. The lowest BCUT2D eigenvalue weighted by molar-refractivity contribution is -0.961. The van der Waals surface area contributed by atoms with Crippen molar-refractivity contribution in [3.8, 4) is 5.69 Å². The number of alkyl halides is 3. The molecule has 10 heteroatoms. The van der Waals surface area contributed by atoms with Crippen LogP contribution in [0.1, 0.15) is 87.8 Å².